The zero-order chi connectivity index (χ0) is 10.8. The van der Waals surface area contributed by atoms with Crippen LogP contribution < -0.4 is 0 Å². The van der Waals surface area contributed by atoms with Gasteiger partial charge in [0.25, 0.3) is 0 Å². The van der Waals surface area contributed by atoms with Crippen LogP contribution in [-0.2, 0) is 13.5 Å². The first-order valence-electron chi connectivity index (χ1n) is 4.99. The van der Waals surface area contributed by atoms with Crippen LogP contribution in [0.4, 0.5) is 0 Å². The van der Waals surface area contributed by atoms with Crippen molar-refractivity contribution in [2.45, 2.75) is 13.3 Å². The highest BCUT2D eigenvalue weighted by molar-refractivity contribution is 6.30. The van der Waals surface area contributed by atoms with E-state index in [0.717, 1.165) is 17.1 Å². The highest BCUT2D eigenvalue weighted by atomic mass is 35.5. The first-order valence-corrected chi connectivity index (χ1v) is 5.37. The minimum absolute atomic E-state index is 0.765. The summed E-state index contributed by atoms with van der Waals surface area (Å²) in [6.45, 7) is 2.11. The van der Waals surface area contributed by atoms with E-state index in [1.54, 1.807) is 0 Å². The van der Waals surface area contributed by atoms with Gasteiger partial charge in [0, 0.05) is 23.8 Å². The van der Waals surface area contributed by atoms with Crippen LogP contribution in [0.25, 0.3) is 11.1 Å². The summed E-state index contributed by atoms with van der Waals surface area (Å²) in [4.78, 5) is 0. The molecule has 1 aromatic heterocycles. The van der Waals surface area contributed by atoms with E-state index < -0.39 is 0 Å². The van der Waals surface area contributed by atoms with Crippen LogP contribution >= 0.6 is 11.6 Å². The summed E-state index contributed by atoms with van der Waals surface area (Å²) in [7, 11) is 1.94. The number of hydrogen-bond acceptors (Lipinski definition) is 1. The van der Waals surface area contributed by atoms with Gasteiger partial charge in [-0.2, -0.15) is 5.10 Å². The summed E-state index contributed by atoms with van der Waals surface area (Å²) in [5.74, 6) is 0. The molecule has 0 fully saturated rings. The van der Waals surface area contributed by atoms with Crippen molar-refractivity contribution >= 4 is 11.6 Å². The Morgan fingerprint density at radius 2 is 1.93 bits per heavy atom. The van der Waals surface area contributed by atoms with Crippen LogP contribution in [0.3, 0.4) is 0 Å². The van der Waals surface area contributed by atoms with Gasteiger partial charge in [-0.05, 0) is 24.1 Å². The van der Waals surface area contributed by atoms with E-state index in [9.17, 15) is 0 Å². The van der Waals surface area contributed by atoms with E-state index in [2.05, 4.69) is 12.0 Å². The summed E-state index contributed by atoms with van der Waals surface area (Å²) in [6.07, 6.45) is 2.99. The third-order valence-corrected chi connectivity index (χ3v) is 2.65. The van der Waals surface area contributed by atoms with Gasteiger partial charge in [0.2, 0.25) is 0 Å². The van der Waals surface area contributed by atoms with Gasteiger partial charge < -0.3 is 0 Å². The van der Waals surface area contributed by atoms with E-state index in [0.29, 0.717) is 0 Å². The van der Waals surface area contributed by atoms with Crippen LogP contribution in [0, 0.1) is 0 Å². The van der Waals surface area contributed by atoms with Crippen molar-refractivity contribution in [3.05, 3.63) is 41.2 Å². The molecule has 1 heterocycles. The first kappa shape index (κ1) is 10.2. The second-order valence-corrected chi connectivity index (χ2v) is 3.96. The Kier molecular flexibility index (Phi) is 2.78. The van der Waals surface area contributed by atoms with E-state index >= 15 is 0 Å². The SMILES string of the molecule is CCc1nn(C)cc1-c1ccc(Cl)cc1. The van der Waals surface area contributed by atoms with Crippen LogP contribution in [0.1, 0.15) is 12.6 Å². The second-order valence-electron chi connectivity index (χ2n) is 3.52. The molecule has 15 heavy (non-hydrogen) atoms. The van der Waals surface area contributed by atoms with Crippen LogP contribution in [0.5, 0.6) is 0 Å². The van der Waals surface area contributed by atoms with Crippen molar-refractivity contribution < 1.29 is 0 Å². The molecular weight excluding hydrogens is 208 g/mol. The maximum atomic E-state index is 5.86. The van der Waals surface area contributed by atoms with Gasteiger partial charge in [0.15, 0.2) is 0 Å². The van der Waals surface area contributed by atoms with Crippen molar-refractivity contribution in [3.8, 4) is 11.1 Å². The standard InChI is InChI=1S/C12H13ClN2/c1-3-12-11(8-15(2)14-12)9-4-6-10(13)7-5-9/h4-8H,3H2,1-2H3. The average Bonchev–Trinajstić information content (AvgIpc) is 2.61. The third kappa shape index (κ3) is 2.05. The number of hydrogen-bond donors (Lipinski definition) is 0. The van der Waals surface area contributed by atoms with E-state index in [1.165, 1.54) is 11.1 Å². The molecular formula is C12H13ClN2. The van der Waals surface area contributed by atoms with Crippen LogP contribution in [0.15, 0.2) is 30.5 Å². The number of benzene rings is 1. The second kappa shape index (κ2) is 4.07. The monoisotopic (exact) mass is 220 g/mol. The van der Waals surface area contributed by atoms with Crippen molar-refractivity contribution in [1.29, 1.82) is 0 Å². The molecule has 0 radical (unpaired) electrons. The van der Waals surface area contributed by atoms with Crippen LogP contribution in [-0.4, -0.2) is 9.78 Å². The van der Waals surface area contributed by atoms with Crippen molar-refractivity contribution in [1.82, 2.24) is 9.78 Å². The molecule has 0 N–H and O–H groups in total. The minimum atomic E-state index is 0.765. The summed E-state index contributed by atoms with van der Waals surface area (Å²) in [6, 6.07) is 7.86. The molecule has 2 rings (SSSR count). The lowest BCUT2D eigenvalue weighted by Crippen LogP contribution is -1.89. The topological polar surface area (TPSA) is 17.8 Å². The first-order chi connectivity index (χ1) is 7.20. The van der Waals surface area contributed by atoms with Crippen molar-refractivity contribution in [3.63, 3.8) is 0 Å². The van der Waals surface area contributed by atoms with Crippen molar-refractivity contribution in [2.24, 2.45) is 7.05 Å². The van der Waals surface area contributed by atoms with Gasteiger partial charge >= 0.3 is 0 Å². The highest BCUT2D eigenvalue weighted by Gasteiger charge is 2.07. The number of halogens is 1. The highest BCUT2D eigenvalue weighted by Crippen LogP contribution is 2.24. The summed E-state index contributed by atoms with van der Waals surface area (Å²) >= 11 is 5.86. The molecule has 0 saturated heterocycles. The number of aryl methyl sites for hydroxylation is 2. The minimum Gasteiger partial charge on any atom is -0.275 e. The molecule has 0 atom stereocenters. The third-order valence-electron chi connectivity index (χ3n) is 2.40. The number of nitrogens with zero attached hydrogens (tertiary/aromatic N) is 2. The molecule has 78 valence electrons. The van der Waals surface area contributed by atoms with Gasteiger partial charge in [0.1, 0.15) is 0 Å². The van der Waals surface area contributed by atoms with Crippen LogP contribution in [0.2, 0.25) is 5.02 Å². The smallest absolute Gasteiger partial charge is 0.0700 e. The van der Waals surface area contributed by atoms with Gasteiger partial charge in [-0.15, -0.1) is 0 Å². The Morgan fingerprint density at radius 3 is 2.53 bits per heavy atom. The summed E-state index contributed by atoms with van der Waals surface area (Å²) < 4.78 is 1.85. The zero-order valence-corrected chi connectivity index (χ0v) is 9.62. The molecule has 0 aliphatic carbocycles. The van der Waals surface area contributed by atoms with Gasteiger partial charge in [0.05, 0.1) is 5.69 Å². The average molecular weight is 221 g/mol. The fourth-order valence-electron chi connectivity index (χ4n) is 1.67. The quantitative estimate of drug-likeness (QED) is 0.760. The summed E-state index contributed by atoms with van der Waals surface area (Å²) in [5.41, 5.74) is 3.49. The lowest BCUT2D eigenvalue weighted by Gasteiger charge is -1.99. The number of aromatic nitrogens is 2. The molecule has 0 aliphatic heterocycles. The molecule has 3 heteroatoms. The van der Waals surface area contributed by atoms with Gasteiger partial charge in [-0.25, -0.2) is 0 Å². The Bertz CT molecular complexity index is 457. The normalized spacial score (nSPS) is 10.6. The van der Waals surface area contributed by atoms with Gasteiger partial charge in [-0.3, -0.25) is 4.68 Å². The summed E-state index contributed by atoms with van der Waals surface area (Å²) in [5, 5.41) is 5.18. The Balaban J connectivity index is 2.48. The van der Waals surface area contributed by atoms with E-state index in [-0.39, 0.29) is 0 Å². The predicted octanol–water partition coefficient (Wildman–Crippen LogP) is 3.30. The molecule has 0 bridgehead atoms. The predicted molar refractivity (Wildman–Crippen MR) is 63.0 cm³/mol. The molecule has 2 nitrogen and oxygen atoms in total. The maximum absolute atomic E-state index is 5.86. The van der Waals surface area contributed by atoms with Crippen molar-refractivity contribution in [2.75, 3.05) is 0 Å². The fraction of sp³-hybridized carbons (Fsp3) is 0.250. The molecule has 0 unspecified atom stereocenters. The molecule has 1 aromatic carbocycles. The van der Waals surface area contributed by atoms with E-state index in [1.807, 2.05) is 42.2 Å². The molecule has 0 saturated carbocycles. The fourth-order valence-corrected chi connectivity index (χ4v) is 1.79. The Morgan fingerprint density at radius 1 is 1.27 bits per heavy atom. The molecule has 0 amide bonds. The lowest BCUT2D eigenvalue weighted by atomic mass is 10.1. The van der Waals surface area contributed by atoms with E-state index in [4.69, 9.17) is 11.6 Å². The lowest BCUT2D eigenvalue weighted by molar-refractivity contribution is 0.746. The number of rotatable bonds is 2. The molecule has 0 aliphatic rings. The largest absolute Gasteiger partial charge is 0.275 e. The maximum Gasteiger partial charge on any atom is 0.0700 e. The Hall–Kier alpha value is -1.28. The van der Waals surface area contributed by atoms with Gasteiger partial charge in [-0.1, -0.05) is 30.7 Å². The zero-order valence-electron chi connectivity index (χ0n) is 8.87. The molecule has 0 spiro atoms. The molecule has 2 aromatic rings. The Labute approximate surface area is 94.5 Å².